The quantitative estimate of drug-likeness (QED) is 0.757. The number of hydrogen-bond donors (Lipinski definition) is 0. The van der Waals surface area contributed by atoms with Gasteiger partial charge >= 0.3 is 0 Å². The maximum absolute atomic E-state index is 11.4. The van der Waals surface area contributed by atoms with Crippen molar-refractivity contribution in [2.45, 2.75) is 6.92 Å². The first-order chi connectivity index (χ1) is 8.20. The van der Waals surface area contributed by atoms with Crippen LogP contribution in [0, 0.1) is 0 Å². The fourth-order valence-corrected chi connectivity index (χ4v) is 1.63. The molecule has 1 aromatic carbocycles. The van der Waals surface area contributed by atoms with Gasteiger partial charge in [0.2, 0.25) is 0 Å². The Morgan fingerprint density at radius 1 is 1.12 bits per heavy atom. The van der Waals surface area contributed by atoms with Gasteiger partial charge in [0.05, 0.1) is 7.11 Å². The molecule has 3 heteroatoms. The zero-order valence-corrected chi connectivity index (χ0v) is 9.81. The van der Waals surface area contributed by atoms with Crippen molar-refractivity contribution in [3.8, 4) is 16.9 Å². The molecule has 0 aliphatic carbocycles. The lowest BCUT2D eigenvalue weighted by Gasteiger charge is -2.07. The van der Waals surface area contributed by atoms with Crippen LogP contribution in [0.2, 0.25) is 0 Å². The molecule has 0 aliphatic rings. The number of aromatic nitrogens is 1. The fraction of sp³-hybridized carbons (Fsp3) is 0.143. The number of carbonyl (C=O) groups excluding carboxylic acids is 1. The zero-order chi connectivity index (χ0) is 12.3. The predicted octanol–water partition coefficient (Wildman–Crippen LogP) is 2.96. The SMILES string of the molecule is COc1cc(C(C)=O)cc(-c2ccncc2)c1. The van der Waals surface area contributed by atoms with E-state index in [1.807, 2.05) is 24.3 Å². The summed E-state index contributed by atoms with van der Waals surface area (Å²) in [5, 5.41) is 0. The van der Waals surface area contributed by atoms with Crippen LogP contribution in [0.15, 0.2) is 42.7 Å². The van der Waals surface area contributed by atoms with Crippen LogP contribution >= 0.6 is 0 Å². The minimum atomic E-state index is 0.0270. The van der Waals surface area contributed by atoms with Gasteiger partial charge in [0, 0.05) is 18.0 Å². The molecule has 0 amide bonds. The summed E-state index contributed by atoms with van der Waals surface area (Å²) < 4.78 is 5.20. The van der Waals surface area contributed by atoms with Crippen LogP contribution in [-0.2, 0) is 0 Å². The molecule has 2 aromatic rings. The third-order valence-electron chi connectivity index (χ3n) is 2.56. The van der Waals surface area contributed by atoms with Gasteiger partial charge in [-0.05, 0) is 48.4 Å². The normalized spacial score (nSPS) is 10.0. The van der Waals surface area contributed by atoms with Gasteiger partial charge in [0.15, 0.2) is 5.78 Å². The Hall–Kier alpha value is -2.16. The van der Waals surface area contributed by atoms with E-state index < -0.39 is 0 Å². The molecule has 0 fully saturated rings. The highest BCUT2D eigenvalue weighted by atomic mass is 16.5. The Labute approximate surface area is 100 Å². The lowest BCUT2D eigenvalue weighted by atomic mass is 10.0. The Kier molecular flexibility index (Phi) is 3.19. The van der Waals surface area contributed by atoms with E-state index in [2.05, 4.69) is 4.98 Å². The minimum absolute atomic E-state index is 0.0270. The van der Waals surface area contributed by atoms with E-state index in [-0.39, 0.29) is 5.78 Å². The van der Waals surface area contributed by atoms with Gasteiger partial charge in [-0.25, -0.2) is 0 Å². The summed E-state index contributed by atoms with van der Waals surface area (Å²) in [6.07, 6.45) is 3.45. The van der Waals surface area contributed by atoms with Crippen molar-refractivity contribution in [2.75, 3.05) is 7.11 Å². The largest absolute Gasteiger partial charge is 0.497 e. The number of ketones is 1. The average Bonchev–Trinajstić information content (AvgIpc) is 2.39. The number of hydrogen-bond acceptors (Lipinski definition) is 3. The van der Waals surface area contributed by atoms with E-state index in [0.29, 0.717) is 11.3 Å². The first-order valence-corrected chi connectivity index (χ1v) is 5.31. The van der Waals surface area contributed by atoms with E-state index in [4.69, 9.17) is 4.74 Å². The molecule has 0 spiro atoms. The Morgan fingerprint density at radius 3 is 2.41 bits per heavy atom. The number of benzene rings is 1. The number of methoxy groups -OCH3 is 1. The number of rotatable bonds is 3. The first-order valence-electron chi connectivity index (χ1n) is 5.31. The Bertz CT molecular complexity index is 535. The highest BCUT2D eigenvalue weighted by Crippen LogP contribution is 2.25. The van der Waals surface area contributed by atoms with Crippen molar-refractivity contribution in [1.29, 1.82) is 0 Å². The Morgan fingerprint density at radius 2 is 1.82 bits per heavy atom. The van der Waals surface area contributed by atoms with E-state index in [1.165, 1.54) is 0 Å². The molecule has 2 rings (SSSR count). The van der Waals surface area contributed by atoms with Gasteiger partial charge in [-0.3, -0.25) is 9.78 Å². The molecule has 0 N–H and O–H groups in total. The maximum Gasteiger partial charge on any atom is 0.159 e. The van der Waals surface area contributed by atoms with Crippen molar-refractivity contribution in [3.05, 3.63) is 48.3 Å². The average molecular weight is 227 g/mol. The van der Waals surface area contributed by atoms with Crippen LogP contribution in [0.3, 0.4) is 0 Å². The third kappa shape index (κ3) is 2.50. The molecular formula is C14H13NO2. The van der Waals surface area contributed by atoms with Gasteiger partial charge in [-0.1, -0.05) is 0 Å². The number of nitrogens with zero attached hydrogens (tertiary/aromatic N) is 1. The molecule has 0 unspecified atom stereocenters. The van der Waals surface area contributed by atoms with Gasteiger partial charge in [-0.15, -0.1) is 0 Å². The molecule has 0 aliphatic heterocycles. The predicted molar refractivity (Wildman–Crippen MR) is 66.2 cm³/mol. The van der Waals surface area contributed by atoms with E-state index in [1.54, 1.807) is 32.5 Å². The molecule has 0 bridgehead atoms. The van der Waals surface area contributed by atoms with Crippen LogP contribution in [0.5, 0.6) is 5.75 Å². The van der Waals surface area contributed by atoms with Crippen molar-refractivity contribution in [2.24, 2.45) is 0 Å². The number of carbonyl (C=O) groups is 1. The first kappa shape index (κ1) is 11.3. The highest BCUT2D eigenvalue weighted by Gasteiger charge is 2.06. The van der Waals surface area contributed by atoms with Crippen LogP contribution in [-0.4, -0.2) is 17.9 Å². The van der Waals surface area contributed by atoms with Crippen LogP contribution in [0.25, 0.3) is 11.1 Å². The summed E-state index contributed by atoms with van der Waals surface area (Å²) in [5.41, 5.74) is 2.62. The lowest BCUT2D eigenvalue weighted by Crippen LogP contribution is -1.94. The van der Waals surface area contributed by atoms with Crippen molar-refractivity contribution in [1.82, 2.24) is 4.98 Å². The van der Waals surface area contributed by atoms with Crippen molar-refractivity contribution >= 4 is 5.78 Å². The van der Waals surface area contributed by atoms with Crippen molar-refractivity contribution in [3.63, 3.8) is 0 Å². The van der Waals surface area contributed by atoms with Crippen molar-refractivity contribution < 1.29 is 9.53 Å². The summed E-state index contributed by atoms with van der Waals surface area (Å²) in [5.74, 6) is 0.712. The minimum Gasteiger partial charge on any atom is -0.497 e. The standard InChI is InChI=1S/C14H13NO2/c1-10(16)12-7-13(9-14(8-12)17-2)11-3-5-15-6-4-11/h3-9H,1-2H3. The second-order valence-corrected chi connectivity index (χ2v) is 3.74. The second kappa shape index (κ2) is 4.78. The van der Waals surface area contributed by atoms with Gasteiger partial charge in [0.25, 0.3) is 0 Å². The molecule has 1 heterocycles. The zero-order valence-electron chi connectivity index (χ0n) is 9.81. The summed E-state index contributed by atoms with van der Waals surface area (Å²) in [4.78, 5) is 15.4. The molecule has 0 saturated carbocycles. The van der Waals surface area contributed by atoms with E-state index >= 15 is 0 Å². The smallest absolute Gasteiger partial charge is 0.159 e. The molecular weight excluding hydrogens is 214 g/mol. The third-order valence-corrected chi connectivity index (χ3v) is 2.56. The van der Waals surface area contributed by atoms with Crippen LogP contribution in [0.1, 0.15) is 17.3 Å². The molecule has 1 aromatic heterocycles. The van der Waals surface area contributed by atoms with Gasteiger partial charge in [0.1, 0.15) is 5.75 Å². The van der Waals surface area contributed by atoms with Crippen LogP contribution in [0.4, 0.5) is 0 Å². The van der Waals surface area contributed by atoms with Crippen LogP contribution < -0.4 is 4.74 Å². The Balaban J connectivity index is 2.54. The van der Waals surface area contributed by atoms with Gasteiger partial charge in [-0.2, -0.15) is 0 Å². The molecule has 3 nitrogen and oxygen atoms in total. The molecule has 86 valence electrons. The monoisotopic (exact) mass is 227 g/mol. The topological polar surface area (TPSA) is 39.2 Å². The van der Waals surface area contributed by atoms with E-state index in [9.17, 15) is 4.79 Å². The fourth-order valence-electron chi connectivity index (χ4n) is 1.63. The van der Waals surface area contributed by atoms with Gasteiger partial charge < -0.3 is 4.74 Å². The number of ether oxygens (including phenoxy) is 1. The number of pyridine rings is 1. The lowest BCUT2D eigenvalue weighted by molar-refractivity contribution is 0.101. The summed E-state index contributed by atoms with van der Waals surface area (Å²) in [7, 11) is 1.59. The summed E-state index contributed by atoms with van der Waals surface area (Å²) >= 11 is 0. The van der Waals surface area contributed by atoms with E-state index in [0.717, 1.165) is 11.1 Å². The second-order valence-electron chi connectivity index (χ2n) is 3.74. The molecule has 0 atom stereocenters. The highest BCUT2D eigenvalue weighted by molar-refractivity contribution is 5.95. The molecule has 0 radical (unpaired) electrons. The molecule has 17 heavy (non-hydrogen) atoms. The summed E-state index contributed by atoms with van der Waals surface area (Å²) in [6, 6.07) is 9.31. The molecule has 0 saturated heterocycles. The number of Topliss-reactive ketones (excluding diaryl/α,β-unsaturated/α-hetero) is 1. The summed E-state index contributed by atoms with van der Waals surface area (Å²) in [6.45, 7) is 1.55. The maximum atomic E-state index is 11.4.